The molecule has 1 saturated carbocycles. The second-order valence-corrected chi connectivity index (χ2v) is 7.14. The quantitative estimate of drug-likeness (QED) is 0.430. The number of halogens is 4. The Balaban J connectivity index is 1.95. The molecule has 0 unspecified atom stereocenters. The summed E-state index contributed by atoms with van der Waals surface area (Å²) in [5.74, 6) is -0.0685. The van der Waals surface area contributed by atoms with E-state index in [1.54, 1.807) is 0 Å². The fourth-order valence-electron chi connectivity index (χ4n) is 3.27. The van der Waals surface area contributed by atoms with Crippen molar-refractivity contribution < 1.29 is 27.1 Å². The van der Waals surface area contributed by atoms with Crippen molar-refractivity contribution in [1.29, 1.82) is 0 Å². The smallest absolute Gasteiger partial charge is 0.431 e. The van der Waals surface area contributed by atoms with Gasteiger partial charge in [0.15, 0.2) is 11.4 Å². The average molecular weight is 429 g/mol. The van der Waals surface area contributed by atoms with Crippen LogP contribution >= 0.6 is 0 Å². The topological polar surface area (TPSA) is 84.4 Å². The third-order valence-corrected chi connectivity index (χ3v) is 4.95. The fourth-order valence-corrected chi connectivity index (χ4v) is 3.27. The van der Waals surface area contributed by atoms with Gasteiger partial charge in [-0.1, -0.05) is 5.92 Å². The zero-order valence-electron chi connectivity index (χ0n) is 15.4. The molecule has 2 aromatic rings. The van der Waals surface area contributed by atoms with E-state index in [0.29, 0.717) is 12.8 Å². The highest BCUT2D eigenvalue weighted by atomic mass is 19.4. The van der Waals surface area contributed by atoms with Crippen molar-refractivity contribution in [3.05, 3.63) is 50.5 Å². The van der Waals surface area contributed by atoms with Gasteiger partial charge < -0.3 is 14.6 Å². The molecule has 1 fully saturated rings. The molecule has 7 nitrogen and oxygen atoms in total. The summed E-state index contributed by atoms with van der Waals surface area (Å²) in [4.78, 5) is 39.5. The van der Waals surface area contributed by atoms with E-state index in [1.165, 1.54) is 4.98 Å². The van der Waals surface area contributed by atoms with Crippen molar-refractivity contribution in [1.82, 2.24) is 9.55 Å². The Morgan fingerprint density at radius 1 is 1.13 bits per heavy atom. The first-order valence-corrected chi connectivity index (χ1v) is 8.67. The first-order valence-electron chi connectivity index (χ1n) is 8.67. The molecule has 2 heterocycles. The SMILES string of the molecule is [B]C([B])(C#C)N1C(=O)C2(CC2)Oc2cc(F)c(-n3c(=O)cc(C(F)(F)F)[nH]c3=O)cc21. The lowest BCUT2D eigenvalue weighted by Crippen LogP contribution is -2.59. The van der Waals surface area contributed by atoms with Gasteiger partial charge in [0, 0.05) is 30.3 Å². The Kier molecular flexibility index (Phi) is 4.23. The Hall–Kier alpha value is -3.42. The van der Waals surface area contributed by atoms with Crippen LogP contribution in [0.4, 0.5) is 23.2 Å². The van der Waals surface area contributed by atoms with Crippen molar-refractivity contribution in [2.75, 3.05) is 4.90 Å². The van der Waals surface area contributed by atoms with Crippen LogP contribution in [0.25, 0.3) is 5.69 Å². The summed E-state index contributed by atoms with van der Waals surface area (Å²) in [5, 5.41) is -2.18. The molecule has 1 aliphatic heterocycles. The van der Waals surface area contributed by atoms with Crippen molar-refractivity contribution in [2.24, 2.45) is 0 Å². The van der Waals surface area contributed by atoms with E-state index in [-0.39, 0.29) is 22.1 Å². The maximum absolute atomic E-state index is 14.8. The zero-order valence-corrected chi connectivity index (χ0v) is 15.4. The van der Waals surface area contributed by atoms with Crippen molar-refractivity contribution in [3.8, 4) is 23.8 Å². The van der Waals surface area contributed by atoms with Gasteiger partial charge in [0.1, 0.15) is 27.1 Å². The van der Waals surface area contributed by atoms with Crippen molar-refractivity contribution >= 4 is 27.3 Å². The number of nitrogens with zero attached hydrogens (tertiary/aromatic N) is 2. The third kappa shape index (κ3) is 3.13. The van der Waals surface area contributed by atoms with Crippen LogP contribution in [0.1, 0.15) is 18.5 Å². The van der Waals surface area contributed by atoms with Crippen LogP contribution in [0.5, 0.6) is 5.75 Å². The minimum atomic E-state index is -5.01. The highest BCUT2D eigenvalue weighted by Crippen LogP contribution is 2.51. The van der Waals surface area contributed by atoms with E-state index in [4.69, 9.17) is 26.9 Å². The number of amides is 1. The minimum Gasteiger partial charge on any atom is -0.475 e. The first-order chi connectivity index (χ1) is 14.3. The molecule has 0 atom stereocenters. The number of anilines is 1. The number of terminal acetylenes is 1. The van der Waals surface area contributed by atoms with Crippen LogP contribution in [-0.4, -0.2) is 42.1 Å². The highest BCUT2D eigenvalue weighted by Gasteiger charge is 2.59. The van der Waals surface area contributed by atoms with Gasteiger partial charge in [-0.2, -0.15) is 13.2 Å². The van der Waals surface area contributed by atoms with E-state index >= 15 is 0 Å². The Labute approximate surface area is 173 Å². The van der Waals surface area contributed by atoms with Crippen LogP contribution in [0, 0.1) is 18.2 Å². The standard InChI is InChI=1S/C18H9B2F4N3O4/c1-2-17(19,20)27-10-6-9(8(21)5-11(10)31-16(3-4-16)14(27)29)26-13(28)7-12(18(22,23)24)25-15(26)30/h1,5-7H,3-4H2,(H,25,30). The maximum atomic E-state index is 14.8. The molecule has 1 aromatic carbocycles. The summed E-state index contributed by atoms with van der Waals surface area (Å²) >= 11 is 0. The summed E-state index contributed by atoms with van der Waals surface area (Å²) in [6.07, 6.45) is 0.909. The molecule has 13 heteroatoms. The third-order valence-electron chi connectivity index (χ3n) is 4.95. The Morgan fingerprint density at radius 2 is 1.77 bits per heavy atom. The van der Waals surface area contributed by atoms with Gasteiger partial charge in [0.2, 0.25) is 0 Å². The van der Waals surface area contributed by atoms with E-state index in [2.05, 4.69) is 0 Å². The molecule has 0 bridgehead atoms. The monoisotopic (exact) mass is 429 g/mol. The number of carbonyl (C=O) groups is 1. The minimum absolute atomic E-state index is 0.0937. The molecule has 154 valence electrons. The number of benzene rings is 1. The molecular formula is C18H9B2F4N3O4. The number of carbonyl (C=O) groups excluding carboxylic acids is 1. The largest absolute Gasteiger partial charge is 0.475 e. The lowest BCUT2D eigenvalue weighted by Gasteiger charge is -2.43. The van der Waals surface area contributed by atoms with Crippen LogP contribution in [0.15, 0.2) is 27.8 Å². The molecule has 4 rings (SSSR count). The summed E-state index contributed by atoms with van der Waals surface area (Å²) in [7, 11) is 11.7. The molecule has 31 heavy (non-hydrogen) atoms. The van der Waals surface area contributed by atoms with Gasteiger partial charge in [-0.05, 0) is 6.07 Å². The number of aromatic amines is 1. The average Bonchev–Trinajstić information content (AvgIpc) is 3.42. The number of nitrogens with one attached hydrogen (secondary N) is 1. The molecule has 1 amide bonds. The zero-order chi connectivity index (χ0) is 22.9. The molecule has 1 N–H and O–H groups in total. The van der Waals surface area contributed by atoms with Gasteiger partial charge in [-0.15, -0.1) is 6.42 Å². The lowest BCUT2D eigenvalue weighted by molar-refractivity contribution is -0.141. The van der Waals surface area contributed by atoms with Gasteiger partial charge in [0.25, 0.3) is 11.5 Å². The number of ether oxygens (including phenoxy) is 1. The van der Waals surface area contributed by atoms with Gasteiger partial charge >= 0.3 is 11.9 Å². The first kappa shape index (κ1) is 20.8. The van der Waals surface area contributed by atoms with Crippen LogP contribution in [-0.2, 0) is 11.0 Å². The lowest BCUT2D eigenvalue weighted by atomic mass is 9.61. The second-order valence-electron chi connectivity index (χ2n) is 7.14. The summed E-state index contributed by atoms with van der Waals surface area (Å²) in [6, 6.07) is 1.68. The number of H-pyrrole nitrogens is 1. The van der Waals surface area contributed by atoms with Gasteiger partial charge in [0.05, 0.1) is 11.4 Å². The van der Waals surface area contributed by atoms with Crippen LogP contribution < -0.4 is 20.9 Å². The van der Waals surface area contributed by atoms with Crippen molar-refractivity contribution in [3.63, 3.8) is 0 Å². The molecule has 0 saturated heterocycles. The summed E-state index contributed by atoms with van der Waals surface area (Å²) in [5.41, 5.74) is -6.97. The molecule has 1 spiro atoms. The highest BCUT2D eigenvalue weighted by molar-refractivity contribution is 6.46. The fraction of sp³-hybridized carbons (Fsp3) is 0.278. The van der Waals surface area contributed by atoms with E-state index in [1.807, 2.05) is 5.92 Å². The summed E-state index contributed by atoms with van der Waals surface area (Å²) in [6.45, 7) is 0. The number of fused-ring (bicyclic) bond motifs is 1. The van der Waals surface area contributed by atoms with Crippen LogP contribution in [0.3, 0.4) is 0 Å². The predicted octanol–water partition coefficient (Wildman–Crippen LogP) is 0.566. The normalized spacial score (nSPS) is 17.1. The molecular weight excluding hydrogens is 420 g/mol. The van der Waals surface area contributed by atoms with Gasteiger partial charge in [-0.25, -0.2) is 13.8 Å². The van der Waals surface area contributed by atoms with Crippen LogP contribution in [0.2, 0.25) is 0 Å². The van der Waals surface area contributed by atoms with E-state index in [0.717, 1.165) is 17.0 Å². The molecule has 4 radical (unpaired) electrons. The Bertz CT molecular complexity index is 1260. The number of aromatic nitrogens is 2. The van der Waals surface area contributed by atoms with E-state index < -0.39 is 51.5 Å². The van der Waals surface area contributed by atoms with E-state index in [9.17, 15) is 31.9 Å². The Morgan fingerprint density at radius 3 is 2.29 bits per heavy atom. The predicted molar refractivity (Wildman–Crippen MR) is 101 cm³/mol. The van der Waals surface area contributed by atoms with Gasteiger partial charge in [-0.3, -0.25) is 9.59 Å². The summed E-state index contributed by atoms with van der Waals surface area (Å²) < 4.78 is 59.0. The second kappa shape index (κ2) is 6.29. The maximum Gasteiger partial charge on any atom is 0.431 e. The molecule has 2 aliphatic rings. The number of rotatable bonds is 2. The number of alkyl halides is 3. The molecule has 1 aromatic heterocycles. The number of hydrogen-bond acceptors (Lipinski definition) is 4. The number of hydrogen-bond donors (Lipinski definition) is 1. The van der Waals surface area contributed by atoms with Crippen molar-refractivity contribution in [2.45, 2.75) is 30.0 Å². The molecule has 1 aliphatic carbocycles.